The lowest BCUT2D eigenvalue weighted by molar-refractivity contribution is 0.102. The molecular formula is C19H13F3N4O. The van der Waals surface area contributed by atoms with Crippen molar-refractivity contribution in [3.05, 3.63) is 71.1 Å². The molecule has 5 nitrogen and oxygen atoms in total. The maximum Gasteiger partial charge on any atom is 0.276 e. The Hall–Kier alpha value is -3.16. The summed E-state index contributed by atoms with van der Waals surface area (Å²) in [6, 6.07) is 6.14. The van der Waals surface area contributed by atoms with Gasteiger partial charge in [-0.3, -0.25) is 4.79 Å². The second kappa shape index (κ2) is 5.67. The van der Waals surface area contributed by atoms with E-state index in [1.807, 2.05) is 0 Å². The Morgan fingerprint density at radius 1 is 1.22 bits per heavy atom. The number of aromatic nitrogens is 3. The maximum atomic E-state index is 14.3. The molecule has 1 aromatic carbocycles. The fourth-order valence-electron chi connectivity index (χ4n) is 3.80. The van der Waals surface area contributed by atoms with Gasteiger partial charge < -0.3 is 5.32 Å². The normalized spacial score (nSPS) is 19.5. The highest BCUT2D eigenvalue weighted by atomic mass is 19.1. The first kappa shape index (κ1) is 16.0. The molecule has 8 heteroatoms. The van der Waals surface area contributed by atoms with Crippen molar-refractivity contribution in [2.75, 3.05) is 5.32 Å². The first-order chi connectivity index (χ1) is 13.0. The number of carbonyl (C=O) groups excluding carboxylic acids is 1. The topological polar surface area (TPSA) is 59.8 Å². The summed E-state index contributed by atoms with van der Waals surface area (Å²) in [5.74, 6) is -2.19. The highest BCUT2D eigenvalue weighted by Gasteiger charge is 2.50. The molecule has 0 bridgehead atoms. The van der Waals surface area contributed by atoms with Gasteiger partial charge in [0.2, 0.25) is 5.95 Å². The smallest absolute Gasteiger partial charge is 0.276 e. The van der Waals surface area contributed by atoms with E-state index in [-0.39, 0.29) is 23.0 Å². The number of amides is 1. The standard InChI is InChI=1S/C19H13F3N4O/c20-10-3-4-15(13(21)8-10)26-17-11-6-9(11)7-12(17)16(25-26)19(27)24-14-2-1-5-23-18(14)22/h1-5,8-9,11H,6-7H2,(H,24,27)/t9-,11-/m1/s1. The molecule has 1 fully saturated rings. The summed E-state index contributed by atoms with van der Waals surface area (Å²) in [5.41, 5.74) is 1.68. The molecule has 136 valence electrons. The van der Waals surface area contributed by atoms with Crippen LogP contribution < -0.4 is 5.32 Å². The molecule has 0 aliphatic heterocycles. The molecule has 1 saturated carbocycles. The minimum atomic E-state index is -0.797. The van der Waals surface area contributed by atoms with Crippen LogP contribution in [0, 0.1) is 23.5 Å². The molecule has 3 aromatic rings. The largest absolute Gasteiger partial charge is 0.317 e. The van der Waals surface area contributed by atoms with Crippen molar-refractivity contribution < 1.29 is 18.0 Å². The summed E-state index contributed by atoms with van der Waals surface area (Å²) in [7, 11) is 0. The summed E-state index contributed by atoms with van der Waals surface area (Å²) in [5, 5.41) is 6.76. The summed E-state index contributed by atoms with van der Waals surface area (Å²) in [4.78, 5) is 16.2. The minimum absolute atomic E-state index is 0.0538. The van der Waals surface area contributed by atoms with E-state index in [1.165, 1.54) is 29.1 Å². The van der Waals surface area contributed by atoms with E-state index in [9.17, 15) is 18.0 Å². The third-order valence-electron chi connectivity index (χ3n) is 5.12. The van der Waals surface area contributed by atoms with Gasteiger partial charge in [0.25, 0.3) is 5.91 Å². The Morgan fingerprint density at radius 2 is 2.07 bits per heavy atom. The molecule has 27 heavy (non-hydrogen) atoms. The van der Waals surface area contributed by atoms with Gasteiger partial charge in [-0.2, -0.15) is 9.49 Å². The van der Waals surface area contributed by atoms with Crippen molar-refractivity contribution in [2.45, 2.75) is 18.8 Å². The predicted molar refractivity (Wildman–Crippen MR) is 90.2 cm³/mol. The molecule has 1 N–H and O–H groups in total. The third-order valence-corrected chi connectivity index (χ3v) is 5.12. The molecule has 2 atom stereocenters. The summed E-state index contributed by atoms with van der Waals surface area (Å²) < 4.78 is 42.7. The van der Waals surface area contributed by atoms with Gasteiger partial charge in [0.1, 0.15) is 11.5 Å². The molecule has 2 aliphatic carbocycles. The summed E-state index contributed by atoms with van der Waals surface area (Å²) in [6.45, 7) is 0. The predicted octanol–water partition coefficient (Wildman–Crippen LogP) is 3.60. The zero-order valence-corrected chi connectivity index (χ0v) is 13.9. The van der Waals surface area contributed by atoms with E-state index in [0.29, 0.717) is 12.3 Å². The Labute approximate surface area is 151 Å². The number of fused-ring (bicyclic) bond motifs is 3. The van der Waals surface area contributed by atoms with Crippen molar-refractivity contribution in [2.24, 2.45) is 5.92 Å². The average molecular weight is 370 g/mol. The Morgan fingerprint density at radius 3 is 2.85 bits per heavy atom. The van der Waals surface area contributed by atoms with Crippen LogP contribution in [-0.4, -0.2) is 20.7 Å². The van der Waals surface area contributed by atoms with Gasteiger partial charge in [-0.15, -0.1) is 0 Å². The highest BCUT2D eigenvalue weighted by molar-refractivity contribution is 6.04. The average Bonchev–Trinajstić information content (AvgIpc) is 3.14. The van der Waals surface area contributed by atoms with Crippen molar-refractivity contribution in [3.8, 4) is 5.69 Å². The molecule has 0 radical (unpaired) electrons. The summed E-state index contributed by atoms with van der Waals surface area (Å²) in [6.07, 6.45) is 2.91. The van der Waals surface area contributed by atoms with E-state index in [1.54, 1.807) is 0 Å². The van der Waals surface area contributed by atoms with Gasteiger partial charge in [-0.25, -0.2) is 18.4 Å². The van der Waals surface area contributed by atoms with Crippen LogP contribution in [0.2, 0.25) is 0 Å². The number of halogens is 3. The van der Waals surface area contributed by atoms with Gasteiger partial charge in [-0.1, -0.05) is 0 Å². The van der Waals surface area contributed by atoms with Gasteiger partial charge in [0.15, 0.2) is 11.5 Å². The third kappa shape index (κ3) is 2.51. The number of benzene rings is 1. The molecule has 0 spiro atoms. The molecule has 5 rings (SSSR count). The second-order valence-electron chi connectivity index (χ2n) is 6.82. The van der Waals surface area contributed by atoms with Crippen LogP contribution in [0.4, 0.5) is 18.9 Å². The van der Waals surface area contributed by atoms with Crippen molar-refractivity contribution in [1.82, 2.24) is 14.8 Å². The first-order valence-electron chi connectivity index (χ1n) is 8.52. The molecule has 2 heterocycles. The number of anilines is 1. The molecule has 2 aromatic heterocycles. The number of pyridine rings is 1. The van der Waals surface area contributed by atoms with E-state index in [4.69, 9.17) is 0 Å². The number of hydrogen-bond acceptors (Lipinski definition) is 3. The number of carbonyl (C=O) groups is 1. The Kier molecular flexibility index (Phi) is 3.37. The van der Waals surface area contributed by atoms with Gasteiger partial charge in [-0.05, 0) is 43.0 Å². The van der Waals surface area contributed by atoms with E-state index in [2.05, 4.69) is 15.4 Å². The van der Waals surface area contributed by atoms with Crippen LogP contribution in [0.1, 0.15) is 34.1 Å². The fraction of sp³-hybridized carbons (Fsp3) is 0.211. The number of nitrogens with one attached hydrogen (secondary N) is 1. The van der Waals surface area contributed by atoms with Crippen molar-refractivity contribution >= 4 is 11.6 Å². The first-order valence-corrected chi connectivity index (χ1v) is 8.52. The molecule has 1 amide bonds. The molecule has 0 unspecified atom stereocenters. The zero-order chi connectivity index (χ0) is 18.7. The van der Waals surface area contributed by atoms with Gasteiger partial charge in [0, 0.05) is 23.7 Å². The van der Waals surface area contributed by atoms with Crippen molar-refractivity contribution in [3.63, 3.8) is 0 Å². The Balaban J connectivity index is 1.58. The second-order valence-corrected chi connectivity index (χ2v) is 6.82. The van der Waals surface area contributed by atoms with Crippen LogP contribution in [-0.2, 0) is 6.42 Å². The molecule has 0 saturated heterocycles. The SMILES string of the molecule is O=C(Nc1cccnc1F)c1nn(-c2ccc(F)cc2F)c2c1C[C@H]1C[C@@H]21. The minimum Gasteiger partial charge on any atom is -0.317 e. The van der Waals surface area contributed by atoms with Gasteiger partial charge >= 0.3 is 0 Å². The lowest BCUT2D eigenvalue weighted by Gasteiger charge is -2.07. The monoisotopic (exact) mass is 370 g/mol. The lowest BCUT2D eigenvalue weighted by Crippen LogP contribution is -2.16. The zero-order valence-electron chi connectivity index (χ0n) is 13.9. The number of nitrogens with zero attached hydrogens (tertiary/aromatic N) is 3. The highest BCUT2D eigenvalue weighted by Crippen LogP contribution is 2.57. The van der Waals surface area contributed by atoms with Gasteiger partial charge in [0.05, 0.1) is 11.4 Å². The van der Waals surface area contributed by atoms with Crippen LogP contribution >= 0.6 is 0 Å². The van der Waals surface area contributed by atoms with E-state index in [0.717, 1.165) is 29.8 Å². The quantitative estimate of drug-likeness (QED) is 0.717. The Bertz CT molecular complexity index is 1090. The lowest BCUT2D eigenvalue weighted by atomic mass is 10.1. The van der Waals surface area contributed by atoms with Crippen LogP contribution in [0.3, 0.4) is 0 Å². The molecular weight excluding hydrogens is 357 g/mol. The van der Waals surface area contributed by atoms with E-state index < -0.39 is 23.5 Å². The van der Waals surface area contributed by atoms with Crippen LogP contribution in [0.15, 0.2) is 36.5 Å². The fourth-order valence-corrected chi connectivity index (χ4v) is 3.80. The number of hydrogen-bond donors (Lipinski definition) is 1. The molecule has 2 aliphatic rings. The summed E-state index contributed by atoms with van der Waals surface area (Å²) >= 11 is 0. The van der Waals surface area contributed by atoms with Crippen LogP contribution in [0.25, 0.3) is 5.69 Å². The maximum absolute atomic E-state index is 14.3. The van der Waals surface area contributed by atoms with Crippen molar-refractivity contribution in [1.29, 1.82) is 0 Å². The van der Waals surface area contributed by atoms with E-state index >= 15 is 0 Å². The van der Waals surface area contributed by atoms with Crippen LogP contribution in [0.5, 0.6) is 0 Å². The number of rotatable bonds is 3.